The van der Waals surface area contributed by atoms with Crippen molar-refractivity contribution in [3.05, 3.63) is 24.0 Å². The number of amides is 1. The maximum Gasteiger partial charge on any atom is 0.269 e. The first-order valence-corrected chi connectivity index (χ1v) is 8.16. The zero-order valence-electron chi connectivity index (χ0n) is 13.2. The highest BCUT2D eigenvalue weighted by atomic mass is 16.1. The smallest absolute Gasteiger partial charge is 0.269 e. The molecule has 0 aromatic carbocycles. The van der Waals surface area contributed by atoms with Crippen LogP contribution in [0.3, 0.4) is 0 Å². The highest BCUT2D eigenvalue weighted by Gasteiger charge is 2.13. The normalized spacial score (nSPS) is 16.5. The molecule has 1 aliphatic rings. The maximum atomic E-state index is 12.0. The van der Waals surface area contributed by atoms with Crippen LogP contribution in [0.2, 0.25) is 0 Å². The third-order valence-corrected chi connectivity index (χ3v) is 3.89. The number of nitrogens with one attached hydrogen (secondary N) is 2. The lowest BCUT2D eigenvalue weighted by Gasteiger charge is -2.18. The second-order valence-electron chi connectivity index (χ2n) is 6.37. The van der Waals surface area contributed by atoms with E-state index in [1.165, 1.54) is 38.5 Å². The summed E-state index contributed by atoms with van der Waals surface area (Å²) in [4.78, 5) is 16.2. The van der Waals surface area contributed by atoms with E-state index in [0.717, 1.165) is 5.69 Å². The van der Waals surface area contributed by atoms with Gasteiger partial charge >= 0.3 is 0 Å². The molecule has 116 valence electrons. The highest BCUT2D eigenvalue weighted by molar-refractivity contribution is 5.93. The first-order valence-electron chi connectivity index (χ1n) is 8.16. The number of hydrogen-bond donors (Lipinski definition) is 2. The molecular formula is C17H27N3O. The van der Waals surface area contributed by atoms with Crippen LogP contribution in [0.15, 0.2) is 18.3 Å². The van der Waals surface area contributed by atoms with E-state index >= 15 is 0 Å². The monoisotopic (exact) mass is 289 g/mol. The van der Waals surface area contributed by atoms with Crippen molar-refractivity contribution in [3.8, 4) is 0 Å². The number of anilines is 1. The molecule has 0 saturated heterocycles. The largest absolute Gasteiger partial charge is 0.382 e. The van der Waals surface area contributed by atoms with E-state index < -0.39 is 0 Å². The fourth-order valence-electron chi connectivity index (χ4n) is 2.69. The summed E-state index contributed by atoms with van der Waals surface area (Å²) in [7, 11) is 0. The molecule has 4 heteroatoms. The van der Waals surface area contributed by atoms with Crippen molar-refractivity contribution in [2.24, 2.45) is 5.92 Å². The van der Waals surface area contributed by atoms with Crippen LogP contribution in [0.5, 0.6) is 0 Å². The first-order chi connectivity index (χ1) is 10.1. The fraction of sp³-hybridized carbons (Fsp3) is 0.647. The molecular weight excluding hydrogens is 262 g/mol. The van der Waals surface area contributed by atoms with E-state index in [1.807, 2.05) is 12.1 Å². The van der Waals surface area contributed by atoms with Crippen LogP contribution in [0.25, 0.3) is 0 Å². The summed E-state index contributed by atoms with van der Waals surface area (Å²) < 4.78 is 0. The quantitative estimate of drug-likeness (QED) is 0.814. The van der Waals surface area contributed by atoms with Gasteiger partial charge in [-0.25, -0.2) is 0 Å². The number of carbonyl (C=O) groups excluding carboxylic acids is 1. The third-order valence-electron chi connectivity index (χ3n) is 3.89. The minimum atomic E-state index is -0.0896. The molecule has 1 amide bonds. The summed E-state index contributed by atoms with van der Waals surface area (Å²) in [6, 6.07) is 4.34. The molecule has 1 heterocycles. The number of rotatable bonds is 5. The van der Waals surface area contributed by atoms with Gasteiger partial charge in [-0.1, -0.05) is 39.5 Å². The molecule has 0 atom stereocenters. The van der Waals surface area contributed by atoms with E-state index in [9.17, 15) is 4.79 Å². The summed E-state index contributed by atoms with van der Waals surface area (Å²) in [5, 5.41) is 6.47. The van der Waals surface area contributed by atoms with E-state index in [-0.39, 0.29) is 5.91 Å². The summed E-state index contributed by atoms with van der Waals surface area (Å²) in [5.41, 5.74) is 1.50. The number of nitrogens with zero attached hydrogens (tertiary/aromatic N) is 1. The van der Waals surface area contributed by atoms with Gasteiger partial charge < -0.3 is 10.6 Å². The van der Waals surface area contributed by atoms with Crippen molar-refractivity contribution in [2.75, 3.05) is 11.9 Å². The molecule has 0 radical (unpaired) electrons. The van der Waals surface area contributed by atoms with Crippen LogP contribution in [0.4, 0.5) is 5.69 Å². The van der Waals surface area contributed by atoms with Crippen LogP contribution in [0, 0.1) is 5.92 Å². The molecule has 0 unspecified atom stereocenters. The lowest BCUT2D eigenvalue weighted by Crippen LogP contribution is -2.28. The zero-order valence-corrected chi connectivity index (χ0v) is 13.2. The minimum Gasteiger partial charge on any atom is -0.382 e. The first kappa shape index (κ1) is 15.8. The average molecular weight is 289 g/mol. The molecule has 21 heavy (non-hydrogen) atoms. The van der Waals surface area contributed by atoms with Gasteiger partial charge in [-0.15, -0.1) is 0 Å². The molecule has 1 aromatic heterocycles. The lowest BCUT2D eigenvalue weighted by atomic mass is 10.1. The molecule has 1 fully saturated rings. The van der Waals surface area contributed by atoms with Crippen LogP contribution in [0.1, 0.15) is 62.9 Å². The highest BCUT2D eigenvalue weighted by Crippen LogP contribution is 2.21. The second-order valence-corrected chi connectivity index (χ2v) is 6.37. The molecule has 0 bridgehead atoms. The Morgan fingerprint density at radius 1 is 1.29 bits per heavy atom. The summed E-state index contributed by atoms with van der Waals surface area (Å²) in [5.74, 6) is 0.356. The lowest BCUT2D eigenvalue weighted by molar-refractivity contribution is 0.0944. The number of carbonyl (C=O) groups is 1. The Labute approximate surface area is 127 Å². The van der Waals surface area contributed by atoms with Gasteiger partial charge in [0, 0.05) is 24.5 Å². The molecule has 1 saturated carbocycles. The van der Waals surface area contributed by atoms with Gasteiger partial charge in [0.25, 0.3) is 5.91 Å². The van der Waals surface area contributed by atoms with Crippen molar-refractivity contribution >= 4 is 11.6 Å². The fourth-order valence-corrected chi connectivity index (χ4v) is 2.69. The Kier molecular flexibility index (Phi) is 6.03. The van der Waals surface area contributed by atoms with Crippen molar-refractivity contribution in [1.82, 2.24) is 10.3 Å². The predicted molar refractivity (Wildman–Crippen MR) is 86.5 cm³/mol. The van der Waals surface area contributed by atoms with Gasteiger partial charge in [-0.05, 0) is 30.9 Å². The van der Waals surface area contributed by atoms with E-state index in [1.54, 1.807) is 6.20 Å². The summed E-state index contributed by atoms with van der Waals surface area (Å²) in [6.45, 7) is 4.84. The SMILES string of the molecule is CC(C)CNC(=O)c1cc(NC2CCCCCC2)ccn1. The standard InChI is InChI=1S/C17H27N3O/c1-13(2)12-19-17(21)16-11-15(9-10-18-16)20-14-7-5-3-4-6-8-14/h9-11,13-14H,3-8,12H2,1-2H3,(H,18,20)(H,19,21). The minimum absolute atomic E-state index is 0.0896. The Hall–Kier alpha value is -1.58. The Bertz CT molecular complexity index is 451. The summed E-state index contributed by atoms with van der Waals surface area (Å²) in [6.07, 6.45) is 9.43. The Balaban J connectivity index is 1.94. The van der Waals surface area contributed by atoms with E-state index in [0.29, 0.717) is 24.2 Å². The van der Waals surface area contributed by atoms with Gasteiger partial charge in [0.15, 0.2) is 0 Å². The van der Waals surface area contributed by atoms with Gasteiger partial charge in [-0.3, -0.25) is 9.78 Å². The third kappa shape index (κ3) is 5.37. The molecule has 4 nitrogen and oxygen atoms in total. The van der Waals surface area contributed by atoms with Gasteiger partial charge in [0.05, 0.1) is 0 Å². The number of pyridine rings is 1. The van der Waals surface area contributed by atoms with Gasteiger partial charge in [0.2, 0.25) is 0 Å². The number of aromatic nitrogens is 1. The van der Waals surface area contributed by atoms with Gasteiger partial charge in [-0.2, -0.15) is 0 Å². The van der Waals surface area contributed by atoms with Crippen LogP contribution < -0.4 is 10.6 Å². The van der Waals surface area contributed by atoms with Crippen LogP contribution in [-0.4, -0.2) is 23.5 Å². The molecule has 0 aliphatic heterocycles. The topological polar surface area (TPSA) is 54.0 Å². The van der Waals surface area contributed by atoms with Crippen molar-refractivity contribution in [2.45, 2.75) is 58.4 Å². The van der Waals surface area contributed by atoms with Crippen molar-refractivity contribution in [1.29, 1.82) is 0 Å². The second kappa shape index (κ2) is 8.01. The van der Waals surface area contributed by atoms with E-state index in [2.05, 4.69) is 29.5 Å². The molecule has 2 rings (SSSR count). The Morgan fingerprint density at radius 2 is 2.00 bits per heavy atom. The maximum absolute atomic E-state index is 12.0. The molecule has 1 aliphatic carbocycles. The van der Waals surface area contributed by atoms with Crippen molar-refractivity contribution < 1.29 is 4.79 Å². The van der Waals surface area contributed by atoms with Gasteiger partial charge in [0.1, 0.15) is 5.69 Å². The van der Waals surface area contributed by atoms with Crippen molar-refractivity contribution in [3.63, 3.8) is 0 Å². The molecule has 2 N–H and O–H groups in total. The van der Waals surface area contributed by atoms with E-state index in [4.69, 9.17) is 0 Å². The predicted octanol–water partition coefficient (Wildman–Crippen LogP) is 3.60. The average Bonchev–Trinajstić information content (AvgIpc) is 2.73. The molecule has 1 aromatic rings. The zero-order chi connectivity index (χ0) is 15.1. The van der Waals surface area contributed by atoms with Crippen LogP contribution >= 0.6 is 0 Å². The Morgan fingerprint density at radius 3 is 2.67 bits per heavy atom. The molecule has 0 spiro atoms. The summed E-state index contributed by atoms with van der Waals surface area (Å²) >= 11 is 0. The van der Waals surface area contributed by atoms with Crippen LogP contribution in [-0.2, 0) is 0 Å². The number of hydrogen-bond acceptors (Lipinski definition) is 3.